The van der Waals surface area contributed by atoms with Gasteiger partial charge in [0.15, 0.2) is 0 Å². The summed E-state index contributed by atoms with van der Waals surface area (Å²) < 4.78 is 15.0. The summed E-state index contributed by atoms with van der Waals surface area (Å²) >= 11 is 0. The molecule has 0 heterocycles. The van der Waals surface area contributed by atoms with Gasteiger partial charge in [-0.3, -0.25) is 0 Å². The van der Waals surface area contributed by atoms with Crippen molar-refractivity contribution in [2.45, 2.75) is 64.7 Å². The number of hydrogen-bond acceptors (Lipinski definition) is 0. The molecule has 0 amide bonds. The average Bonchev–Trinajstić information content (AvgIpc) is 2.84. The molecule has 3 aromatic rings. The maximum absolute atomic E-state index is 15.0. The van der Waals surface area contributed by atoms with E-state index in [4.69, 9.17) is 0 Å². The minimum atomic E-state index is -0.119. The third-order valence-electron chi connectivity index (χ3n) is 6.93. The lowest BCUT2D eigenvalue weighted by molar-refractivity contribution is 0.318. The highest BCUT2D eigenvalue weighted by atomic mass is 19.1. The van der Waals surface area contributed by atoms with Crippen LogP contribution in [0.25, 0.3) is 11.1 Å². The molecule has 32 heavy (non-hydrogen) atoms. The Morgan fingerprint density at radius 1 is 0.781 bits per heavy atom. The highest BCUT2D eigenvalue weighted by Gasteiger charge is 2.22. The molecule has 1 fully saturated rings. The van der Waals surface area contributed by atoms with Crippen molar-refractivity contribution in [1.82, 2.24) is 0 Å². The molecular formula is C31H33F. The van der Waals surface area contributed by atoms with Crippen LogP contribution in [0.5, 0.6) is 0 Å². The molecule has 0 radical (unpaired) electrons. The fourth-order valence-electron chi connectivity index (χ4n) is 4.84. The molecule has 0 aromatic heterocycles. The molecule has 4 rings (SSSR count). The number of hydrogen-bond donors (Lipinski definition) is 0. The molecule has 0 bridgehead atoms. The molecule has 0 nitrogen and oxygen atoms in total. The Morgan fingerprint density at radius 3 is 1.97 bits per heavy atom. The van der Waals surface area contributed by atoms with Crippen molar-refractivity contribution < 1.29 is 4.39 Å². The fraction of sp³-hybridized carbons (Fsp3) is 0.355. The van der Waals surface area contributed by atoms with Gasteiger partial charge >= 0.3 is 0 Å². The van der Waals surface area contributed by atoms with Crippen molar-refractivity contribution in [2.75, 3.05) is 0 Å². The highest BCUT2D eigenvalue weighted by Crippen LogP contribution is 2.38. The number of benzene rings is 3. The Morgan fingerprint density at radius 2 is 1.41 bits per heavy atom. The molecule has 0 spiro atoms. The summed E-state index contributed by atoms with van der Waals surface area (Å²) in [6.07, 6.45) is 8.45. The Balaban J connectivity index is 1.44. The first-order valence-corrected chi connectivity index (χ1v) is 12.2. The van der Waals surface area contributed by atoms with Crippen LogP contribution in [0.1, 0.15) is 80.5 Å². The summed E-state index contributed by atoms with van der Waals surface area (Å²) in [6.45, 7) is 4.47. The van der Waals surface area contributed by atoms with E-state index in [2.05, 4.69) is 56.0 Å². The van der Waals surface area contributed by atoms with Gasteiger partial charge in [0.05, 0.1) is 0 Å². The topological polar surface area (TPSA) is 0 Å². The van der Waals surface area contributed by atoms with Gasteiger partial charge in [-0.25, -0.2) is 4.39 Å². The van der Waals surface area contributed by atoms with Gasteiger partial charge in [-0.15, -0.1) is 0 Å². The standard InChI is InChI=1S/C31H33F/c1-3-5-24-6-8-25(9-7-24)10-11-26-14-18-28(19-15-26)30-21-20-29(22-31(30)32)27-16-12-23(4-2)13-17-27/h6-9,14-15,18-23,27H,3-5,12-13,16-17H2,1-2H3. The van der Waals surface area contributed by atoms with Crippen LogP contribution in [-0.4, -0.2) is 0 Å². The van der Waals surface area contributed by atoms with Gasteiger partial charge in [0.25, 0.3) is 0 Å². The summed E-state index contributed by atoms with van der Waals surface area (Å²) in [5.74, 6) is 7.70. The van der Waals surface area contributed by atoms with Crippen LogP contribution in [0.3, 0.4) is 0 Å². The molecule has 3 aromatic carbocycles. The van der Waals surface area contributed by atoms with E-state index in [0.717, 1.165) is 41.0 Å². The third kappa shape index (κ3) is 5.49. The van der Waals surface area contributed by atoms with Crippen LogP contribution < -0.4 is 0 Å². The Bertz CT molecular complexity index is 1070. The number of aryl methyl sites for hydroxylation is 1. The Kier molecular flexibility index (Phi) is 7.43. The maximum atomic E-state index is 15.0. The van der Waals surface area contributed by atoms with E-state index in [1.165, 1.54) is 37.7 Å². The predicted molar refractivity (Wildman–Crippen MR) is 133 cm³/mol. The van der Waals surface area contributed by atoms with E-state index in [1.54, 1.807) is 6.07 Å². The van der Waals surface area contributed by atoms with Crippen molar-refractivity contribution in [1.29, 1.82) is 0 Å². The molecule has 1 heteroatoms. The van der Waals surface area contributed by atoms with E-state index in [-0.39, 0.29) is 5.82 Å². The van der Waals surface area contributed by atoms with Gasteiger partial charge in [-0.05, 0) is 91.0 Å². The summed E-state index contributed by atoms with van der Waals surface area (Å²) in [5.41, 5.74) is 6.04. The minimum Gasteiger partial charge on any atom is -0.206 e. The predicted octanol–water partition coefficient (Wildman–Crippen LogP) is 8.53. The van der Waals surface area contributed by atoms with Gasteiger partial charge in [0.1, 0.15) is 5.82 Å². The molecule has 0 aliphatic heterocycles. The number of halogens is 1. The van der Waals surface area contributed by atoms with Gasteiger partial charge in [-0.2, -0.15) is 0 Å². The van der Waals surface area contributed by atoms with Crippen LogP contribution in [0, 0.1) is 23.6 Å². The molecule has 0 unspecified atom stereocenters. The summed E-state index contributed by atoms with van der Waals surface area (Å²) in [6, 6.07) is 22.2. The molecule has 1 aliphatic carbocycles. The highest BCUT2D eigenvalue weighted by molar-refractivity contribution is 5.65. The first-order chi connectivity index (χ1) is 15.7. The largest absolute Gasteiger partial charge is 0.206 e. The fourth-order valence-corrected chi connectivity index (χ4v) is 4.84. The smallest absolute Gasteiger partial charge is 0.131 e. The van der Waals surface area contributed by atoms with Gasteiger partial charge < -0.3 is 0 Å². The lowest BCUT2D eigenvalue weighted by Crippen LogP contribution is -2.12. The molecule has 1 saturated carbocycles. The lowest BCUT2D eigenvalue weighted by atomic mass is 9.77. The molecule has 0 atom stereocenters. The normalized spacial score (nSPS) is 18.1. The van der Waals surface area contributed by atoms with E-state index < -0.39 is 0 Å². The summed E-state index contributed by atoms with van der Waals surface area (Å²) in [5, 5.41) is 0. The molecule has 0 saturated heterocycles. The first-order valence-electron chi connectivity index (χ1n) is 12.2. The molecular weight excluding hydrogens is 391 g/mol. The van der Waals surface area contributed by atoms with Gasteiger partial charge in [-0.1, -0.05) is 74.9 Å². The van der Waals surface area contributed by atoms with Crippen molar-refractivity contribution in [3.8, 4) is 23.0 Å². The average molecular weight is 425 g/mol. The zero-order valence-electron chi connectivity index (χ0n) is 19.3. The van der Waals surface area contributed by atoms with Crippen molar-refractivity contribution in [3.63, 3.8) is 0 Å². The Hall–Kier alpha value is -2.85. The van der Waals surface area contributed by atoms with Crippen molar-refractivity contribution in [3.05, 3.63) is 94.8 Å². The molecule has 1 aliphatic rings. The first kappa shape index (κ1) is 22.3. The van der Waals surface area contributed by atoms with Crippen LogP contribution in [0.15, 0.2) is 66.7 Å². The van der Waals surface area contributed by atoms with Gasteiger partial charge in [0, 0.05) is 16.7 Å². The number of rotatable bonds is 5. The quantitative estimate of drug-likeness (QED) is 0.360. The van der Waals surface area contributed by atoms with E-state index in [0.29, 0.717) is 11.5 Å². The summed E-state index contributed by atoms with van der Waals surface area (Å²) in [7, 11) is 0. The van der Waals surface area contributed by atoms with Crippen molar-refractivity contribution >= 4 is 0 Å². The van der Waals surface area contributed by atoms with Crippen LogP contribution in [0.2, 0.25) is 0 Å². The lowest BCUT2D eigenvalue weighted by Gasteiger charge is -2.28. The minimum absolute atomic E-state index is 0.119. The molecule has 164 valence electrons. The van der Waals surface area contributed by atoms with Crippen LogP contribution in [0.4, 0.5) is 4.39 Å². The second-order valence-corrected chi connectivity index (χ2v) is 9.14. The van der Waals surface area contributed by atoms with E-state index in [1.807, 2.05) is 30.3 Å². The van der Waals surface area contributed by atoms with Crippen LogP contribution in [-0.2, 0) is 6.42 Å². The van der Waals surface area contributed by atoms with E-state index >= 15 is 0 Å². The van der Waals surface area contributed by atoms with Crippen molar-refractivity contribution in [2.24, 2.45) is 5.92 Å². The van der Waals surface area contributed by atoms with E-state index in [9.17, 15) is 4.39 Å². The monoisotopic (exact) mass is 424 g/mol. The second kappa shape index (κ2) is 10.6. The SMILES string of the molecule is CCCc1ccc(C#Cc2ccc(-c3ccc(C4CCC(CC)CC4)cc3F)cc2)cc1. The molecule has 0 N–H and O–H groups in total. The third-order valence-corrected chi connectivity index (χ3v) is 6.93. The Labute approximate surface area is 192 Å². The zero-order chi connectivity index (χ0) is 22.3. The second-order valence-electron chi connectivity index (χ2n) is 9.14. The summed E-state index contributed by atoms with van der Waals surface area (Å²) in [4.78, 5) is 0. The zero-order valence-corrected chi connectivity index (χ0v) is 19.3. The van der Waals surface area contributed by atoms with Crippen LogP contribution >= 0.6 is 0 Å². The maximum Gasteiger partial charge on any atom is 0.131 e. The van der Waals surface area contributed by atoms with Gasteiger partial charge in [0.2, 0.25) is 0 Å².